The minimum absolute atomic E-state index is 0.114. The number of hydrogen-bond donors (Lipinski definition) is 2. The van der Waals surface area contributed by atoms with Crippen molar-refractivity contribution in [2.75, 3.05) is 31.5 Å². The van der Waals surface area contributed by atoms with E-state index in [4.69, 9.17) is 4.74 Å². The Morgan fingerprint density at radius 3 is 2.17 bits per heavy atom. The van der Waals surface area contributed by atoms with E-state index in [1.54, 1.807) is 34.6 Å². The van der Waals surface area contributed by atoms with Crippen LogP contribution < -0.4 is 16.3 Å². The fourth-order valence-electron chi connectivity index (χ4n) is 4.22. The standard InChI is InChI=1S/C27H33F3N6O6/c1-25(2,3)42-24(41)33-26(4,5)21(38)34-11-13-35(14-12-34)22(39)31-20-8-10-36(23(40)32-20)18-7-6-17(9-15-37)19(16-18)27(28,29)30/h6-8,10,15-16H,9,11-14H2,1-5H3,(H,33,41)(H,31,32,39,40). The molecular weight excluding hydrogens is 561 g/mol. The summed E-state index contributed by atoms with van der Waals surface area (Å²) >= 11 is 0. The molecule has 1 aromatic carbocycles. The van der Waals surface area contributed by atoms with Gasteiger partial charge in [0, 0.05) is 38.8 Å². The molecule has 0 bridgehead atoms. The number of ether oxygens (including phenoxy) is 1. The number of alkyl carbamates (subject to hydrolysis) is 1. The average molecular weight is 595 g/mol. The third kappa shape index (κ3) is 8.07. The lowest BCUT2D eigenvalue weighted by Crippen LogP contribution is -2.60. The molecule has 2 aromatic rings. The molecule has 0 atom stereocenters. The number of amides is 4. The van der Waals surface area contributed by atoms with Gasteiger partial charge in [0.05, 0.1) is 11.3 Å². The van der Waals surface area contributed by atoms with Crippen molar-refractivity contribution < 1.29 is 37.1 Å². The van der Waals surface area contributed by atoms with Crippen molar-refractivity contribution >= 4 is 30.1 Å². The monoisotopic (exact) mass is 594 g/mol. The molecular formula is C27H33F3N6O6. The van der Waals surface area contributed by atoms with Crippen molar-refractivity contribution in [3.05, 3.63) is 52.1 Å². The number of hydrogen-bond acceptors (Lipinski definition) is 7. The van der Waals surface area contributed by atoms with Crippen molar-refractivity contribution in [3.63, 3.8) is 0 Å². The maximum absolute atomic E-state index is 13.5. The predicted molar refractivity (Wildman–Crippen MR) is 145 cm³/mol. The number of piperazine rings is 1. The molecule has 0 aliphatic carbocycles. The first kappa shape index (κ1) is 32.1. The molecule has 3 rings (SSSR count). The molecule has 228 valence electrons. The van der Waals surface area contributed by atoms with Crippen LogP contribution in [0.15, 0.2) is 35.3 Å². The number of aldehydes is 1. The molecule has 4 amide bonds. The van der Waals surface area contributed by atoms with Gasteiger partial charge in [0.15, 0.2) is 0 Å². The lowest BCUT2D eigenvalue weighted by molar-refractivity contribution is -0.139. The van der Waals surface area contributed by atoms with Crippen molar-refractivity contribution in [1.29, 1.82) is 0 Å². The first-order valence-corrected chi connectivity index (χ1v) is 13.0. The predicted octanol–water partition coefficient (Wildman–Crippen LogP) is 2.97. The van der Waals surface area contributed by atoms with Crippen LogP contribution in [0.3, 0.4) is 0 Å². The Bertz CT molecular complexity index is 1410. The highest BCUT2D eigenvalue weighted by atomic mass is 19.4. The molecule has 1 aromatic heterocycles. The first-order valence-electron chi connectivity index (χ1n) is 13.0. The number of benzene rings is 1. The van der Waals surface area contributed by atoms with Gasteiger partial charge in [-0.05, 0) is 58.4 Å². The number of anilines is 1. The summed E-state index contributed by atoms with van der Waals surface area (Å²) in [5, 5.41) is 5.04. The van der Waals surface area contributed by atoms with Gasteiger partial charge in [-0.2, -0.15) is 18.2 Å². The van der Waals surface area contributed by atoms with Crippen molar-refractivity contribution in [3.8, 4) is 5.69 Å². The van der Waals surface area contributed by atoms with E-state index >= 15 is 0 Å². The van der Waals surface area contributed by atoms with Gasteiger partial charge in [-0.1, -0.05) is 6.07 Å². The van der Waals surface area contributed by atoms with Gasteiger partial charge < -0.3 is 24.6 Å². The molecule has 2 N–H and O–H groups in total. The molecule has 0 radical (unpaired) electrons. The van der Waals surface area contributed by atoms with E-state index in [-0.39, 0.29) is 49.2 Å². The number of nitrogens with zero attached hydrogens (tertiary/aromatic N) is 4. The number of urea groups is 1. The van der Waals surface area contributed by atoms with Gasteiger partial charge in [-0.25, -0.2) is 14.4 Å². The Morgan fingerprint density at radius 2 is 1.62 bits per heavy atom. The van der Waals surface area contributed by atoms with Crippen LogP contribution in [0, 0.1) is 0 Å². The maximum atomic E-state index is 13.5. The van der Waals surface area contributed by atoms with Crippen LogP contribution >= 0.6 is 0 Å². The fraction of sp³-hybridized carbons (Fsp3) is 0.481. The van der Waals surface area contributed by atoms with Crippen LogP contribution in [-0.4, -0.2) is 81.0 Å². The molecule has 12 nitrogen and oxygen atoms in total. The highest BCUT2D eigenvalue weighted by molar-refractivity contribution is 5.90. The Labute approximate surface area is 239 Å². The van der Waals surface area contributed by atoms with E-state index in [2.05, 4.69) is 15.6 Å². The molecule has 1 aliphatic rings. The van der Waals surface area contributed by atoms with Crippen molar-refractivity contribution in [2.45, 2.75) is 58.4 Å². The van der Waals surface area contributed by atoms with Gasteiger partial charge in [-0.3, -0.25) is 14.7 Å². The number of aromatic nitrogens is 2. The summed E-state index contributed by atoms with van der Waals surface area (Å²) in [4.78, 5) is 68.0. The lowest BCUT2D eigenvalue weighted by atomic mass is 10.0. The molecule has 0 unspecified atom stereocenters. The Kier molecular flexibility index (Phi) is 9.33. The molecule has 42 heavy (non-hydrogen) atoms. The minimum atomic E-state index is -4.74. The number of halogens is 3. The molecule has 2 heterocycles. The van der Waals surface area contributed by atoms with Gasteiger partial charge >= 0.3 is 24.0 Å². The fourth-order valence-corrected chi connectivity index (χ4v) is 4.22. The van der Waals surface area contributed by atoms with Crippen LogP contribution in [0.1, 0.15) is 45.7 Å². The highest BCUT2D eigenvalue weighted by Gasteiger charge is 2.37. The van der Waals surface area contributed by atoms with Crippen LogP contribution in [0.4, 0.5) is 28.6 Å². The smallest absolute Gasteiger partial charge is 0.416 e. The Morgan fingerprint density at radius 1 is 1.00 bits per heavy atom. The molecule has 1 fully saturated rings. The zero-order chi connectivity index (χ0) is 31.5. The van der Waals surface area contributed by atoms with E-state index in [1.165, 1.54) is 28.1 Å². The van der Waals surface area contributed by atoms with Gasteiger partial charge in [0.25, 0.3) is 0 Å². The van der Waals surface area contributed by atoms with E-state index < -0.39 is 47.1 Å². The largest absolute Gasteiger partial charge is 0.444 e. The highest BCUT2D eigenvalue weighted by Crippen LogP contribution is 2.33. The molecule has 1 saturated heterocycles. The zero-order valence-corrected chi connectivity index (χ0v) is 23.9. The Balaban J connectivity index is 1.63. The van der Waals surface area contributed by atoms with Crippen LogP contribution in [0.2, 0.25) is 0 Å². The van der Waals surface area contributed by atoms with Gasteiger partial charge in [0.1, 0.15) is 23.2 Å². The quantitative estimate of drug-likeness (QED) is 0.490. The number of alkyl halides is 3. The maximum Gasteiger partial charge on any atom is 0.416 e. The SMILES string of the molecule is CC(C)(C)OC(=O)NC(C)(C)C(=O)N1CCN(C(=O)Nc2ccn(-c3ccc(CC=O)c(C(F)(F)F)c3)c(=O)n2)CC1. The normalized spacial score (nSPS) is 14.3. The molecule has 15 heteroatoms. The van der Waals surface area contributed by atoms with Crippen LogP contribution in [0.5, 0.6) is 0 Å². The summed E-state index contributed by atoms with van der Waals surface area (Å²) in [7, 11) is 0. The van der Waals surface area contributed by atoms with Gasteiger partial charge in [-0.15, -0.1) is 0 Å². The molecule has 0 spiro atoms. The second kappa shape index (κ2) is 12.2. The van der Waals surface area contributed by atoms with Gasteiger partial charge in [0.2, 0.25) is 5.91 Å². The molecule has 0 saturated carbocycles. The lowest BCUT2D eigenvalue weighted by Gasteiger charge is -2.38. The summed E-state index contributed by atoms with van der Waals surface area (Å²) in [5.41, 5.74) is -4.30. The first-order chi connectivity index (χ1) is 19.4. The number of nitrogens with one attached hydrogen (secondary N) is 2. The summed E-state index contributed by atoms with van der Waals surface area (Å²) in [5.74, 6) is -0.470. The van der Waals surface area contributed by atoms with E-state index in [0.29, 0.717) is 6.29 Å². The summed E-state index contributed by atoms with van der Waals surface area (Å²) in [6.07, 6.45) is -4.37. The van der Waals surface area contributed by atoms with E-state index in [1.807, 2.05) is 0 Å². The topological polar surface area (TPSA) is 143 Å². The summed E-state index contributed by atoms with van der Waals surface area (Å²) in [6, 6.07) is 3.81. The summed E-state index contributed by atoms with van der Waals surface area (Å²) < 4.78 is 46.5. The van der Waals surface area contributed by atoms with Crippen molar-refractivity contribution in [2.24, 2.45) is 0 Å². The van der Waals surface area contributed by atoms with E-state index in [9.17, 15) is 37.1 Å². The number of rotatable bonds is 6. The van der Waals surface area contributed by atoms with Crippen molar-refractivity contribution in [1.82, 2.24) is 24.7 Å². The zero-order valence-electron chi connectivity index (χ0n) is 23.9. The van der Waals surface area contributed by atoms with Crippen LogP contribution in [0.25, 0.3) is 5.69 Å². The summed E-state index contributed by atoms with van der Waals surface area (Å²) in [6.45, 7) is 8.89. The average Bonchev–Trinajstić information content (AvgIpc) is 2.87. The molecule has 1 aliphatic heterocycles. The van der Waals surface area contributed by atoms with Crippen LogP contribution in [-0.2, 0) is 26.9 Å². The Hall–Kier alpha value is -4.43. The third-order valence-electron chi connectivity index (χ3n) is 6.22. The second-order valence-corrected chi connectivity index (χ2v) is 11.1. The van der Waals surface area contributed by atoms with E-state index in [0.717, 1.165) is 16.7 Å². The minimum Gasteiger partial charge on any atom is -0.444 e. The third-order valence-corrected chi connectivity index (χ3v) is 6.22. The second-order valence-electron chi connectivity index (χ2n) is 11.1. The number of carbonyl (C=O) groups is 4. The number of carbonyl (C=O) groups excluding carboxylic acids is 4.